The van der Waals surface area contributed by atoms with Gasteiger partial charge in [-0.3, -0.25) is 4.79 Å². The molecule has 1 N–H and O–H groups in total. The number of nitrogens with one attached hydrogen (secondary N) is 1. The first-order valence-electron chi connectivity index (χ1n) is 11.1. The molecule has 2 heterocycles. The first-order valence-corrected chi connectivity index (χ1v) is 11.1. The van der Waals surface area contributed by atoms with Crippen molar-refractivity contribution >= 4 is 17.7 Å². The lowest BCUT2D eigenvalue weighted by Gasteiger charge is -2.49. The van der Waals surface area contributed by atoms with E-state index in [2.05, 4.69) is 79.5 Å². The summed E-state index contributed by atoms with van der Waals surface area (Å²) in [4.78, 5) is 14.8. The predicted molar refractivity (Wildman–Crippen MR) is 123 cm³/mol. The fourth-order valence-corrected chi connectivity index (χ4v) is 4.79. The smallest absolute Gasteiger partial charge is 0.223 e. The van der Waals surface area contributed by atoms with E-state index in [-0.39, 0.29) is 11.3 Å². The SMILES string of the molecule is CCCCCOc1cccc(C=C[C@@]23NC(=O)CCN2c2ccccc2C3(C)C)c1. The molecule has 1 amide bonds. The number of nitrogens with zero attached hydrogens (tertiary/aromatic N) is 1. The van der Waals surface area contributed by atoms with Crippen LogP contribution >= 0.6 is 0 Å². The van der Waals surface area contributed by atoms with Crippen molar-refractivity contribution in [2.45, 2.75) is 57.5 Å². The van der Waals surface area contributed by atoms with Crippen molar-refractivity contribution in [1.29, 1.82) is 0 Å². The number of para-hydroxylation sites is 1. The fraction of sp³-hybridized carbons (Fsp3) is 0.423. The summed E-state index contributed by atoms with van der Waals surface area (Å²) in [6.45, 7) is 8.10. The van der Waals surface area contributed by atoms with Crippen molar-refractivity contribution in [2.75, 3.05) is 18.1 Å². The Labute approximate surface area is 179 Å². The Hall–Kier alpha value is -2.75. The lowest BCUT2D eigenvalue weighted by Crippen LogP contribution is -2.68. The van der Waals surface area contributed by atoms with Gasteiger partial charge >= 0.3 is 0 Å². The highest BCUT2D eigenvalue weighted by Crippen LogP contribution is 2.52. The molecule has 4 nitrogen and oxygen atoms in total. The van der Waals surface area contributed by atoms with Gasteiger partial charge < -0.3 is 15.0 Å². The summed E-state index contributed by atoms with van der Waals surface area (Å²) in [5.74, 6) is 0.994. The van der Waals surface area contributed by atoms with Gasteiger partial charge in [0.1, 0.15) is 11.4 Å². The van der Waals surface area contributed by atoms with E-state index in [4.69, 9.17) is 4.74 Å². The van der Waals surface area contributed by atoms with Gasteiger partial charge in [-0.05, 0) is 41.8 Å². The van der Waals surface area contributed by atoms with Crippen LogP contribution in [0, 0.1) is 0 Å². The van der Waals surface area contributed by atoms with Crippen LogP contribution in [-0.4, -0.2) is 24.7 Å². The second kappa shape index (κ2) is 8.17. The fourth-order valence-electron chi connectivity index (χ4n) is 4.79. The second-order valence-corrected chi connectivity index (χ2v) is 8.82. The van der Waals surface area contributed by atoms with Crippen LogP contribution in [0.5, 0.6) is 5.75 Å². The van der Waals surface area contributed by atoms with Crippen LogP contribution in [0.2, 0.25) is 0 Å². The molecular weight excluding hydrogens is 372 g/mol. The van der Waals surface area contributed by atoms with Gasteiger partial charge in [0, 0.05) is 24.1 Å². The van der Waals surface area contributed by atoms with E-state index >= 15 is 0 Å². The molecule has 0 unspecified atom stereocenters. The molecular formula is C26H32N2O2. The van der Waals surface area contributed by atoms with Crippen molar-refractivity contribution < 1.29 is 9.53 Å². The third kappa shape index (κ3) is 3.49. The molecule has 0 radical (unpaired) electrons. The van der Waals surface area contributed by atoms with Gasteiger partial charge in [0.15, 0.2) is 0 Å². The Morgan fingerprint density at radius 3 is 2.80 bits per heavy atom. The molecule has 30 heavy (non-hydrogen) atoms. The average molecular weight is 405 g/mol. The Bertz CT molecular complexity index is 950. The number of benzene rings is 2. The Kier molecular flexibility index (Phi) is 5.59. The van der Waals surface area contributed by atoms with Crippen molar-refractivity contribution in [3.63, 3.8) is 0 Å². The maximum Gasteiger partial charge on any atom is 0.223 e. The van der Waals surface area contributed by atoms with E-state index in [1.54, 1.807) is 0 Å². The van der Waals surface area contributed by atoms with Gasteiger partial charge in [0.05, 0.1) is 6.61 Å². The third-order valence-electron chi connectivity index (χ3n) is 6.53. The highest BCUT2D eigenvalue weighted by Gasteiger charge is 2.57. The summed E-state index contributed by atoms with van der Waals surface area (Å²) in [6, 6.07) is 16.7. The molecule has 2 aliphatic rings. The molecule has 4 heteroatoms. The first-order chi connectivity index (χ1) is 14.5. The third-order valence-corrected chi connectivity index (χ3v) is 6.53. The van der Waals surface area contributed by atoms with E-state index in [1.807, 2.05) is 12.1 Å². The van der Waals surface area contributed by atoms with Crippen LogP contribution in [0.4, 0.5) is 5.69 Å². The molecule has 0 aliphatic carbocycles. The van der Waals surface area contributed by atoms with Crippen molar-refractivity contribution in [2.24, 2.45) is 0 Å². The molecule has 158 valence electrons. The Balaban J connectivity index is 1.64. The highest BCUT2D eigenvalue weighted by molar-refractivity contribution is 5.84. The van der Waals surface area contributed by atoms with Gasteiger partial charge in [-0.2, -0.15) is 0 Å². The summed E-state index contributed by atoms with van der Waals surface area (Å²) in [5, 5.41) is 3.33. The number of fused-ring (bicyclic) bond motifs is 3. The number of carbonyl (C=O) groups excluding carboxylic acids is 1. The number of hydrogen-bond donors (Lipinski definition) is 1. The van der Waals surface area contributed by atoms with Gasteiger partial charge in [-0.1, -0.05) is 70.0 Å². The van der Waals surface area contributed by atoms with Crippen molar-refractivity contribution in [1.82, 2.24) is 5.32 Å². The summed E-state index contributed by atoms with van der Waals surface area (Å²) in [6.07, 6.45) is 8.25. The van der Waals surface area contributed by atoms with Gasteiger partial charge in [-0.25, -0.2) is 0 Å². The zero-order chi connectivity index (χ0) is 21.2. The van der Waals surface area contributed by atoms with E-state index in [1.165, 1.54) is 24.1 Å². The quantitative estimate of drug-likeness (QED) is 0.638. The van der Waals surface area contributed by atoms with Crippen LogP contribution in [0.1, 0.15) is 57.6 Å². The molecule has 0 bridgehead atoms. The zero-order valence-corrected chi connectivity index (χ0v) is 18.3. The van der Waals surface area contributed by atoms with Crippen LogP contribution in [0.15, 0.2) is 54.6 Å². The van der Waals surface area contributed by atoms with Crippen LogP contribution < -0.4 is 15.0 Å². The normalized spacial score (nSPS) is 22.0. The number of unbranched alkanes of at least 4 members (excludes halogenated alkanes) is 2. The summed E-state index contributed by atoms with van der Waals surface area (Å²) in [7, 11) is 0. The minimum absolute atomic E-state index is 0.102. The standard InChI is InChI=1S/C26H32N2O2/c1-4-5-8-18-30-21-11-9-10-20(19-21)14-16-26-25(2,3)22-12-6-7-13-23(22)28(26)17-15-24(29)27-26/h6-7,9-14,16,19H,4-5,8,15,17-18H2,1-3H3,(H,27,29)/t26-/m1/s1. The molecule has 1 atom stereocenters. The molecule has 2 aliphatic heterocycles. The van der Waals surface area contributed by atoms with Gasteiger partial charge in [-0.15, -0.1) is 0 Å². The summed E-state index contributed by atoms with van der Waals surface area (Å²) < 4.78 is 5.92. The molecule has 0 aromatic heterocycles. The average Bonchev–Trinajstić information content (AvgIpc) is 2.94. The number of amides is 1. The first kappa shape index (κ1) is 20.5. The molecule has 0 saturated carbocycles. The number of anilines is 1. The molecule has 1 saturated heterocycles. The number of ether oxygens (including phenoxy) is 1. The summed E-state index contributed by atoms with van der Waals surface area (Å²) in [5.41, 5.74) is 2.71. The van der Waals surface area contributed by atoms with E-state index in [0.717, 1.165) is 30.9 Å². The van der Waals surface area contributed by atoms with Crippen LogP contribution in [0.25, 0.3) is 6.08 Å². The molecule has 0 spiro atoms. The molecule has 2 aromatic rings. The number of carbonyl (C=O) groups is 1. The zero-order valence-electron chi connectivity index (χ0n) is 18.3. The highest BCUT2D eigenvalue weighted by atomic mass is 16.5. The van der Waals surface area contributed by atoms with E-state index in [9.17, 15) is 4.79 Å². The van der Waals surface area contributed by atoms with Crippen LogP contribution in [0.3, 0.4) is 0 Å². The lowest BCUT2D eigenvalue weighted by atomic mass is 9.74. The maximum atomic E-state index is 12.5. The van der Waals surface area contributed by atoms with E-state index in [0.29, 0.717) is 6.42 Å². The second-order valence-electron chi connectivity index (χ2n) is 8.82. The largest absolute Gasteiger partial charge is 0.494 e. The number of rotatable bonds is 7. The van der Waals surface area contributed by atoms with E-state index < -0.39 is 5.66 Å². The Morgan fingerprint density at radius 1 is 1.13 bits per heavy atom. The molecule has 1 fully saturated rings. The van der Waals surface area contributed by atoms with Gasteiger partial charge in [0.2, 0.25) is 5.91 Å². The monoisotopic (exact) mass is 404 g/mol. The van der Waals surface area contributed by atoms with Gasteiger partial charge in [0.25, 0.3) is 0 Å². The molecule has 2 aromatic carbocycles. The topological polar surface area (TPSA) is 41.6 Å². The van der Waals surface area contributed by atoms with Crippen molar-refractivity contribution in [3.05, 3.63) is 65.7 Å². The van der Waals surface area contributed by atoms with Crippen molar-refractivity contribution in [3.8, 4) is 5.75 Å². The molecule has 4 rings (SSSR count). The van der Waals surface area contributed by atoms with Crippen LogP contribution in [-0.2, 0) is 10.2 Å². The predicted octanol–water partition coefficient (Wildman–Crippen LogP) is 5.28. The minimum atomic E-state index is -0.579. The minimum Gasteiger partial charge on any atom is -0.494 e. The Morgan fingerprint density at radius 2 is 1.97 bits per heavy atom. The maximum absolute atomic E-state index is 12.5. The summed E-state index contributed by atoms with van der Waals surface area (Å²) >= 11 is 0. The lowest BCUT2D eigenvalue weighted by molar-refractivity contribution is -0.124. The number of hydrogen-bond acceptors (Lipinski definition) is 3.